The number of imide groups is 1. The average molecular weight is 457 g/mol. The normalized spacial score (nSPS) is 22.3. The van der Waals surface area contributed by atoms with Gasteiger partial charge in [0.25, 0.3) is 11.8 Å². The number of nitriles is 1. The summed E-state index contributed by atoms with van der Waals surface area (Å²) < 4.78 is 29.6. The van der Waals surface area contributed by atoms with Crippen LogP contribution in [-0.4, -0.2) is 42.7 Å². The van der Waals surface area contributed by atoms with Crippen molar-refractivity contribution >= 4 is 39.3 Å². The highest BCUT2D eigenvalue weighted by atomic mass is 35.5. The molecule has 2 aliphatic heterocycles. The van der Waals surface area contributed by atoms with Crippen LogP contribution in [0.3, 0.4) is 0 Å². The lowest BCUT2D eigenvalue weighted by Gasteiger charge is -2.31. The summed E-state index contributed by atoms with van der Waals surface area (Å²) in [7, 11) is -3.33. The lowest BCUT2D eigenvalue weighted by molar-refractivity contribution is -0.142. The SMILES string of the molecule is CC1=C(C#N)C(=O)N(C2CCS(=O)(=O)C2)C(=O)C1=Cc1ccc(-c2ccc(Cl)cc2)o1. The molecular weight excluding hydrogens is 440 g/mol. The number of furan rings is 1. The van der Waals surface area contributed by atoms with E-state index in [4.69, 9.17) is 16.0 Å². The van der Waals surface area contributed by atoms with Crippen LogP contribution in [0.15, 0.2) is 57.5 Å². The molecule has 4 rings (SSSR count). The molecule has 1 fully saturated rings. The van der Waals surface area contributed by atoms with Gasteiger partial charge < -0.3 is 4.42 Å². The lowest BCUT2D eigenvalue weighted by Crippen LogP contribution is -2.49. The van der Waals surface area contributed by atoms with Crippen molar-refractivity contribution < 1.29 is 22.4 Å². The number of hydrogen-bond acceptors (Lipinski definition) is 6. The number of rotatable bonds is 3. The fourth-order valence-corrected chi connectivity index (χ4v) is 5.58. The molecule has 0 aliphatic carbocycles. The minimum absolute atomic E-state index is 0.0962. The van der Waals surface area contributed by atoms with Gasteiger partial charge in [-0.2, -0.15) is 5.26 Å². The first kappa shape index (κ1) is 21.1. The smallest absolute Gasteiger partial charge is 0.271 e. The Morgan fingerprint density at radius 2 is 1.87 bits per heavy atom. The molecule has 2 aromatic rings. The molecule has 0 bridgehead atoms. The predicted octanol–water partition coefficient (Wildman–Crippen LogP) is 3.38. The first-order chi connectivity index (χ1) is 14.7. The number of hydrogen-bond donors (Lipinski definition) is 0. The van der Waals surface area contributed by atoms with E-state index in [1.54, 1.807) is 36.4 Å². The topological polar surface area (TPSA) is 108 Å². The standard InChI is InChI=1S/C22H17ClN2O5S/c1-13-18(10-17-6-7-20(30-17)14-2-4-15(23)5-3-14)21(26)25(22(27)19(13)11-24)16-8-9-31(28,29)12-16/h2-7,10,16H,8-9,12H2,1H3. The van der Waals surface area contributed by atoms with Crippen LogP contribution in [-0.2, 0) is 19.4 Å². The molecule has 2 aliphatic rings. The van der Waals surface area contributed by atoms with Gasteiger partial charge in [-0.25, -0.2) is 8.42 Å². The van der Waals surface area contributed by atoms with Gasteiger partial charge in [-0.15, -0.1) is 0 Å². The largest absolute Gasteiger partial charge is 0.457 e. The van der Waals surface area contributed by atoms with Crippen molar-refractivity contribution in [1.29, 1.82) is 5.26 Å². The zero-order chi connectivity index (χ0) is 22.3. The first-order valence-electron chi connectivity index (χ1n) is 9.47. The van der Waals surface area contributed by atoms with Gasteiger partial charge in [-0.05, 0) is 61.4 Å². The third-order valence-corrected chi connectivity index (χ3v) is 7.39. The number of carbonyl (C=O) groups is 2. The van der Waals surface area contributed by atoms with E-state index in [0.717, 1.165) is 10.5 Å². The fraction of sp³-hybridized carbons (Fsp3) is 0.227. The van der Waals surface area contributed by atoms with Gasteiger partial charge in [-0.3, -0.25) is 14.5 Å². The zero-order valence-corrected chi connectivity index (χ0v) is 18.0. The highest BCUT2D eigenvalue weighted by Crippen LogP contribution is 2.32. The van der Waals surface area contributed by atoms with Crippen LogP contribution in [0.2, 0.25) is 5.02 Å². The van der Waals surface area contributed by atoms with Gasteiger partial charge in [0.2, 0.25) is 0 Å². The first-order valence-corrected chi connectivity index (χ1v) is 11.7. The second kappa shape index (κ2) is 7.84. The Labute approximate surface area is 184 Å². The molecule has 1 saturated heterocycles. The Kier molecular flexibility index (Phi) is 5.33. The molecular formula is C22H17ClN2O5S. The molecule has 158 valence electrons. The maximum Gasteiger partial charge on any atom is 0.271 e. The Hall–Kier alpha value is -3.15. The summed E-state index contributed by atoms with van der Waals surface area (Å²) in [5.74, 6) is -0.863. The molecule has 0 N–H and O–H groups in total. The Balaban J connectivity index is 1.73. The second-order valence-electron chi connectivity index (χ2n) is 7.42. The number of nitrogens with zero attached hydrogens (tertiary/aromatic N) is 2. The molecule has 1 aromatic carbocycles. The Bertz CT molecular complexity index is 1300. The van der Waals surface area contributed by atoms with Crippen molar-refractivity contribution in [2.75, 3.05) is 11.5 Å². The summed E-state index contributed by atoms with van der Waals surface area (Å²) in [6, 6.07) is 11.5. The molecule has 31 heavy (non-hydrogen) atoms. The molecule has 1 atom stereocenters. The maximum atomic E-state index is 13.2. The van der Waals surface area contributed by atoms with Gasteiger partial charge in [-0.1, -0.05) is 11.6 Å². The van der Waals surface area contributed by atoms with Gasteiger partial charge in [0, 0.05) is 16.2 Å². The summed E-state index contributed by atoms with van der Waals surface area (Å²) in [5.41, 5.74) is 0.970. The van der Waals surface area contributed by atoms with E-state index >= 15 is 0 Å². The van der Waals surface area contributed by atoms with Crippen LogP contribution in [0.1, 0.15) is 19.1 Å². The van der Waals surface area contributed by atoms with Crippen molar-refractivity contribution in [2.24, 2.45) is 0 Å². The third kappa shape index (κ3) is 3.94. The van der Waals surface area contributed by atoms with Crippen LogP contribution >= 0.6 is 11.6 Å². The second-order valence-corrected chi connectivity index (χ2v) is 10.1. The summed E-state index contributed by atoms with van der Waals surface area (Å²) in [4.78, 5) is 26.8. The van der Waals surface area contributed by atoms with Crippen LogP contribution in [0.5, 0.6) is 0 Å². The average Bonchev–Trinajstić information content (AvgIpc) is 3.32. The van der Waals surface area contributed by atoms with E-state index in [1.165, 1.54) is 13.0 Å². The number of benzene rings is 1. The molecule has 3 heterocycles. The molecule has 0 saturated carbocycles. The van der Waals surface area contributed by atoms with Crippen LogP contribution in [0.4, 0.5) is 0 Å². The third-order valence-electron chi connectivity index (χ3n) is 5.39. The van der Waals surface area contributed by atoms with E-state index in [1.807, 2.05) is 6.07 Å². The maximum absolute atomic E-state index is 13.2. The van der Waals surface area contributed by atoms with E-state index in [0.29, 0.717) is 16.5 Å². The van der Waals surface area contributed by atoms with E-state index in [9.17, 15) is 23.3 Å². The van der Waals surface area contributed by atoms with Crippen molar-refractivity contribution in [3.8, 4) is 17.4 Å². The van der Waals surface area contributed by atoms with Crippen molar-refractivity contribution in [3.63, 3.8) is 0 Å². The van der Waals surface area contributed by atoms with Crippen molar-refractivity contribution in [2.45, 2.75) is 19.4 Å². The Morgan fingerprint density at radius 1 is 1.16 bits per heavy atom. The van der Waals surface area contributed by atoms with E-state index in [2.05, 4.69) is 0 Å². The summed E-state index contributed by atoms with van der Waals surface area (Å²) in [6.45, 7) is 1.52. The lowest BCUT2D eigenvalue weighted by atomic mass is 9.93. The minimum Gasteiger partial charge on any atom is -0.457 e. The van der Waals surface area contributed by atoms with E-state index < -0.39 is 27.7 Å². The summed E-state index contributed by atoms with van der Waals surface area (Å²) in [5, 5.41) is 10.1. The zero-order valence-electron chi connectivity index (χ0n) is 16.5. The number of amides is 2. The van der Waals surface area contributed by atoms with Crippen LogP contribution in [0.25, 0.3) is 17.4 Å². The molecule has 7 nitrogen and oxygen atoms in total. The molecule has 9 heteroatoms. The molecule has 2 amide bonds. The van der Waals surface area contributed by atoms with Crippen molar-refractivity contribution in [3.05, 3.63) is 63.9 Å². The highest BCUT2D eigenvalue weighted by molar-refractivity contribution is 7.91. The van der Waals surface area contributed by atoms with Gasteiger partial charge in [0.15, 0.2) is 9.84 Å². The Morgan fingerprint density at radius 3 is 2.48 bits per heavy atom. The van der Waals surface area contributed by atoms with Crippen molar-refractivity contribution in [1.82, 2.24) is 4.90 Å². The number of carbonyl (C=O) groups excluding carboxylic acids is 2. The van der Waals surface area contributed by atoms with Crippen LogP contribution in [0, 0.1) is 11.3 Å². The number of halogens is 1. The molecule has 1 unspecified atom stereocenters. The van der Waals surface area contributed by atoms with E-state index in [-0.39, 0.29) is 34.6 Å². The fourth-order valence-electron chi connectivity index (χ4n) is 3.75. The monoisotopic (exact) mass is 456 g/mol. The number of sulfone groups is 1. The minimum atomic E-state index is -3.33. The van der Waals surface area contributed by atoms with Gasteiger partial charge in [0.1, 0.15) is 23.2 Å². The molecule has 0 radical (unpaired) electrons. The molecule has 1 aromatic heterocycles. The molecule has 0 spiro atoms. The van der Waals surface area contributed by atoms with Gasteiger partial charge in [0.05, 0.1) is 17.5 Å². The summed E-state index contributed by atoms with van der Waals surface area (Å²) >= 11 is 5.91. The quantitative estimate of drug-likeness (QED) is 0.517. The summed E-state index contributed by atoms with van der Waals surface area (Å²) in [6.07, 6.45) is 1.63. The highest BCUT2D eigenvalue weighted by Gasteiger charge is 2.43. The van der Waals surface area contributed by atoms with Gasteiger partial charge >= 0.3 is 0 Å². The predicted molar refractivity (Wildman–Crippen MR) is 114 cm³/mol. The van der Waals surface area contributed by atoms with Crippen LogP contribution < -0.4 is 0 Å².